The minimum absolute atomic E-state index is 0.111. The molecule has 0 aromatic carbocycles. The summed E-state index contributed by atoms with van der Waals surface area (Å²) < 4.78 is 0.718. The zero-order chi connectivity index (χ0) is 13.5. The second kappa shape index (κ2) is 7.07. The normalized spacial score (nSPS) is 10.8. The van der Waals surface area contributed by atoms with Crippen molar-refractivity contribution in [3.05, 3.63) is 57.5 Å². The van der Waals surface area contributed by atoms with Gasteiger partial charge in [0.05, 0.1) is 4.34 Å². The molecule has 0 aliphatic carbocycles. The van der Waals surface area contributed by atoms with E-state index in [4.69, 9.17) is 11.6 Å². The Kier molecular flexibility index (Phi) is 5.12. The van der Waals surface area contributed by atoms with E-state index in [2.05, 4.69) is 10.3 Å². The smallest absolute Gasteiger partial charge is 0.244 e. The van der Waals surface area contributed by atoms with Crippen molar-refractivity contribution >= 4 is 34.9 Å². The fraction of sp³-hybridized carbons (Fsp3) is 0.143. The van der Waals surface area contributed by atoms with Gasteiger partial charge in [-0.05, 0) is 30.3 Å². The van der Waals surface area contributed by atoms with Crippen molar-refractivity contribution < 1.29 is 4.79 Å². The third-order valence-corrected chi connectivity index (χ3v) is 3.60. The molecule has 0 aliphatic rings. The first-order valence-electron chi connectivity index (χ1n) is 5.85. The summed E-state index contributed by atoms with van der Waals surface area (Å²) in [4.78, 5) is 16.7. The third-order valence-electron chi connectivity index (χ3n) is 2.40. The van der Waals surface area contributed by atoms with Crippen LogP contribution in [0.15, 0.2) is 42.6 Å². The highest BCUT2D eigenvalue weighted by Crippen LogP contribution is 2.22. The number of rotatable bonds is 5. The van der Waals surface area contributed by atoms with E-state index in [-0.39, 0.29) is 5.91 Å². The molecule has 2 heterocycles. The Balaban J connectivity index is 1.74. The topological polar surface area (TPSA) is 42.0 Å². The first-order valence-corrected chi connectivity index (χ1v) is 7.04. The summed E-state index contributed by atoms with van der Waals surface area (Å²) >= 11 is 7.24. The van der Waals surface area contributed by atoms with Crippen LogP contribution in [0.5, 0.6) is 0 Å². The standard InChI is InChI=1S/C14H13ClN2OS/c15-13-6-4-12(19-13)5-7-14(18)17-10-8-11-3-1-2-9-16-11/h1-7,9H,8,10H2,(H,17,18)/b7-5+. The van der Waals surface area contributed by atoms with Crippen LogP contribution in [0.1, 0.15) is 10.6 Å². The van der Waals surface area contributed by atoms with Gasteiger partial charge in [-0.3, -0.25) is 9.78 Å². The van der Waals surface area contributed by atoms with Crippen LogP contribution < -0.4 is 5.32 Å². The summed E-state index contributed by atoms with van der Waals surface area (Å²) in [5.41, 5.74) is 0.969. The second-order valence-corrected chi connectivity index (χ2v) is 5.58. The van der Waals surface area contributed by atoms with E-state index in [1.165, 1.54) is 17.4 Å². The monoisotopic (exact) mass is 292 g/mol. The first kappa shape index (κ1) is 13.8. The maximum atomic E-state index is 11.6. The van der Waals surface area contributed by atoms with Crippen LogP contribution in [-0.2, 0) is 11.2 Å². The van der Waals surface area contributed by atoms with Crippen LogP contribution in [0.3, 0.4) is 0 Å². The van der Waals surface area contributed by atoms with Crippen molar-refractivity contribution in [3.63, 3.8) is 0 Å². The van der Waals surface area contributed by atoms with Gasteiger partial charge in [-0.25, -0.2) is 0 Å². The SMILES string of the molecule is O=C(/C=C/c1ccc(Cl)s1)NCCc1ccccn1. The molecular weight excluding hydrogens is 280 g/mol. The van der Waals surface area contributed by atoms with Crippen molar-refractivity contribution in [1.82, 2.24) is 10.3 Å². The molecule has 0 radical (unpaired) electrons. The van der Waals surface area contributed by atoms with Gasteiger partial charge in [0.25, 0.3) is 0 Å². The van der Waals surface area contributed by atoms with Crippen molar-refractivity contribution in [2.75, 3.05) is 6.54 Å². The van der Waals surface area contributed by atoms with Gasteiger partial charge in [0.1, 0.15) is 0 Å². The Labute approximate surface area is 120 Å². The molecule has 98 valence electrons. The molecule has 1 amide bonds. The van der Waals surface area contributed by atoms with E-state index in [0.717, 1.165) is 21.3 Å². The number of carbonyl (C=O) groups is 1. The molecule has 1 N–H and O–H groups in total. The van der Waals surface area contributed by atoms with E-state index in [0.29, 0.717) is 6.54 Å². The van der Waals surface area contributed by atoms with Crippen LogP contribution in [0.25, 0.3) is 6.08 Å². The van der Waals surface area contributed by atoms with E-state index in [9.17, 15) is 4.79 Å². The summed E-state index contributed by atoms with van der Waals surface area (Å²) in [5, 5.41) is 2.81. The molecule has 0 aliphatic heterocycles. The summed E-state index contributed by atoms with van der Waals surface area (Å²) in [5.74, 6) is -0.111. The minimum Gasteiger partial charge on any atom is -0.352 e. The number of carbonyl (C=O) groups excluding carboxylic acids is 1. The number of nitrogens with zero attached hydrogens (tertiary/aromatic N) is 1. The second-order valence-electron chi connectivity index (χ2n) is 3.84. The summed E-state index contributed by atoms with van der Waals surface area (Å²) in [6.07, 6.45) is 5.75. The van der Waals surface area contributed by atoms with E-state index in [1.807, 2.05) is 30.3 Å². The Morgan fingerprint density at radius 2 is 2.26 bits per heavy atom. The molecule has 0 fully saturated rings. The summed E-state index contributed by atoms with van der Waals surface area (Å²) in [7, 11) is 0. The highest BCUT2D eigenvalue weighted by atomic mass is 35.5. The molecule has 0 spiro atoms. The summed E-state index contributed by atoms with van der Waals surface area (Å²) in [6, 6.07) is 9.44. The number of amides is 1. The van der Waals surface area contributed by atoms with Crippen LogP contribution in [-0.4, -0.2) is 17.4 Å². The zero-order valence-corrected chi connectivity index (χ0v) is 11.7. The highest BCUT2D eigenvalue weighted by Gasteiger charge is 1.98. The maximum absolute atomic E-state index is 11.6. The average Bonchev–Trinajstić information content (AvgIpc) is 2.83. The average molecular weight is 293 g/mol. The van der Waals surface area contributed by atoms with Crippen molar-refractivity contribution in [1.29, 1.82) is 0 Å². The summed E-state index contributed by atoms with van der Waals surface area (Å²) in [6.45, 7) is 0.575. The van der Waals surface area contributed by atoms with Crippen LogP contribution in [0, 0.1) is 0 Å². The maximum Gasteiger partial charge on any atom is 0.244 e. The van der Waals surface area contributed by atoms with E-state index in [1.54, 1.807) is 12.3 Å². The van der Waals surface area contributed by atoms with Gasteiger partial charge < -0.3 is 5.32 Å². The number of nitrogens with one attached hydrogen (secondary N) is 1. The number of halogens is 1. The fourth-order valence-corrected chi connectivity index (χ4v) is 2.46. The Bertz CT molecular complexity index is 566. The van der Waals surface area contributed by atoms with Gasteiger partial charge in [-0.1, -0.05) is 17.7 Å². The van der Waals surface area contributed by atoms with Crippen molar-refractivity contribution in [2.45, 2.75) is 6.42 Å². The van der Waals surface area contributed by atoms with Gasteiger partial charge in [0.15, 0.2) is 0 Å². The van der Waals surface area contributed by atoms with Crippen LogP contribution in [0.2, 0.25) is 4.34 Å². The molecule has 0 saturated carbocycles. The molecule has 2 aromatic rings. The minimum atomic E-state index is -0.111. The molecule has 0 saturated heterocycles. The number of hydrogen-bond donors (Lipinski definition) is 1. The lowest BCUT2D eigenvalue weighted by atomic mass is 10.3. The van der Waals surface area contributed by atoms with Gasteiger partial charge in [0.2, 0.25) is 5.91 Å². The molecule has 2 aromatic heterocycles. The Morgan fingerprint density at radius 1 is 1.37 bits per heavy atom. The first-order chi connectivity index (χ1) is 9.24. The van der Waals surface area contributed by atoms with Gasteiger partial charge >= 0.3 is 0 Å². The molecule has 3 nitrogen and oxygen atoms in total. The molecule has 0 bridgehead atoms. The van der Waals surface area contributed by atoms with E-state index >= 15 is 0 Å². The van der Waals surface area contributed by atoms with Gasteiger partial charge in [-0.15, -0.1) is 11.3 Å². The van der Waals surface area contributed by atoms with E-state index < -0.39 is 0 Å². The Morgan fingerprint density at radius 3 is 2.95 bits per heavy atom. The quantitative estimate of drug-likeness (QED) is 0.860. The number of pyridine rings is 1. The van der Waals surface area contributed by atoms with Gasteiger partial charge in [0, 0.05) is 35.8 Å². The lowest BCUT2D eigenvalue weighted by Gasteiger charge is -2.01. The molecule has 0 unspecified atom stereocenters. The molecular formula is C14H13ClN2OS. The molecule has 0 atom stereocenters. The Hall–Kier alpha value is -1.65. The predicted octanol–water partition coefficient (Wildman–Crippen LogP) is 3.17. The number of thiophene rings is 1. The number of hydrogen-bond acceptors (Lipinski definition) is 3. The van der Waals surface area contributed by atoms with Crippen LogP contribution >= 0.6 is 22.9 Å². The van der Waals surface area contributed by atoms with Crippen molar-refractivity contribution in [2.24, 2.45) is 0 Å². The molecule has 5 heteroatoms. The van der Waals surface area contributed by atoms with Crippen molar-refractivity contribution in [3.8, 4) is 0 Å². The largest absolute Gasteiger partial charge is 0.352 e. The predicted molar refractivity (Wildman–Crippen MR) is 79.3 cm³/mol. The molecule has 2 rings (SSSR count). The van der Waals surface area contributed by atoms with Crippen LogP contribution in [0.4, 0.5) is 0 Å². The van der Waals surface area contributed by atoms with Gasteiger partial charge in [-0.2, -0.15) is 0 Å². The lowest BCUT2D eigenvalue weighted by Crippen LogP contribution is -2.23. The third kappa shape index (κ3) is 4.85. The lowest BCUT2D eigenvalue weighted by molar-refractivity contribution is -0.116. The number of aromatic nitrogens is 1. The highest BCUT2D eigenvalue weighted by molar-refractivity contribution is 7.17. The zero-order valence-electron chi connectivity index (χ0n) is 10.2. The fourth-order valence-electron chi connectivity index (χ4n) is 1.49. The molecule has 19 heavy (non-hydrogen) atoms.